The van der Waals surface area contributed by atoms with Crippen molar-refractivity contribution in [3.05, 3.63) is 53.6 Å². The van der Waals surface area contributed by atoms with Gasteiger partial charge < -0.3 is 18.9 Å². The van der Waals surface area contributed by atoms with E-state index >= 15 is 0 Å². The molecule has 2 aromatic carbocycles. The molecule has 0 aliphatic rings. The van der Waals surface area contributed by atoms with Gasteiger partial charge in [-0.25, -0.2) is 4.79 Å². The summed E-state index contributed by atoms with van der Waals surface area (Å²) in [6.45, 7) is -0.547. The molecule has 0 fully saturated rings. The van der Waals surface area contributed by atoms with E-state index in [1.807, 2.05) is 0 Å². The van der Waals surface area contributed by atoms with Gasteiger partial charge in [0, 0.05) is 5.56 Å². The van der Waals surface area contributed by atoms with E-state index in [1.165, 1.54) is 32.4 Å². The van der Waals surface area contributed by atoms with Crippen molar-refractivity contribution >= 4 is 11.8 Å². The van der Waals surface area contributed by atoms with Gasteiger partial charge in [0.1, 0.15) is 5.75 Å². The van der Waals surface area contributed by atoms with Gasteiger partial charge in [-0.2, -0.15) is 0 Å². The van der Waals surface area contributed by atoms with Crippen molar-refractivity contribution in [3.8, 4) is 17.2 Å². The Kier molecular flexibility index (Phi) is 6.27. The van der Waals surface area contributed by atoms with E-state index in [2.05, 4.69) is 4.74 Å². The molecule has 6 nitrogen and oxygen atoms in total. The maximum absolute atomic E-state index is 12.1. The molecule has 0 radical (unpaired) electrons. The molecule has 0 bridgehead atoms. The Morgan fingerprint density at radius 1 is 0.889 bits per heavy atom. The summed E-state index contributed by atoms with van der Waals surface area (Å²) >= 11 is 0. The SMILES string of the molecule is COc1ccc(C(=O)COC(=O)c2ccc(OC(F)(F)F)cc2)cc1OC. The monoisotopic (exact) mass is 384 g/mol. The van der Waals surface area contributed by atoms with E-state index in [0.29, 0.717) is 11.5 Å². The Bertz CT molecular complexity index is 815. The summed E-state index contributed by atoms with van der Waals surface area (Å²) in [6.07, 6.45) is -4.83. The Balaban J connectivity index is 1.97. The fraction of sp³-hybridized carbons (Fsp3) is 0.222. The van der Waals surface area contributed by atoms with Crippen molar-refractivity contribution in [1.82, 2.24) is 0 Å². The minimum atomic E-state index is -4.83. The quantitative estimate of drug-likeness (QED) is 0.536. The van der Waals surface area contributed by atoms with Crippen LogP contribution in [0.25, 0.3) is 0 Å². The maximum Gasteiger partial charge on any atom is 0.573 e. The lowest BCUT2D eigenvalue weighted by atomic mass is 10.1. The minimum absolute atomic E-state index is 0.0235. The zero-order valence-corrected chi connectivity index (χ0v) is 14.3. The second kappa shape index (κ2) is 8.43. The molecule has 0 atom stereocenters. The number of carbonyl (C=O) groups is 2. The fourth-order valence-corrected chi connectivity index (χ4v) is 2.10. The molecule has 0 spiro atoms. The van der Waals surface area contributed by atoms with E-state index < -0.39 is 30.5 Å². The normalized spacial score (nSPS) is 10.9. The molecule has 0 saturated carbocycles. The predicted octanol–water partition coefficient (Wildman–Crippen LogP) is 3.64. The van der Waals surface area contributed by atoms with Crippen LogP contribution in [-0.4, -0.2) is 38.9 Å². The molecule has 0 aliphatic heterocycles. The summed E-state index contributed by atoms with van der Waals surface area (Å²) in [5.41, 5.74) is 0.221. The lowest BCUT2D eigenvalue weighted by Gasteiger charge is -2.10. The van der Waals surface area contributed by atoms with Crippen molar-refractivity contribution in [3.63, 3.8) is 0 Å². The third-order valence-corrected chi connectivity index (χ3v) is 3.36. The number of carbonyl (C=O) groups excluding carboxylic acids is 2. The lowest BCUT2D eigenvalue weighted by molar-refractivity contribution is -0.274. The first-order chi connectivity index (χ1) is 12.7. The Morgan fingerprint density at radius 2 is 1.48 bits per heavy atom. The number of benzene rings is 2. The largest absolute Gasteiger partial charge is 0.573 e. The number of halogens is 3. The van der Waals surface area contributed by atoms with Crippen LogP contribution < -0.4 is 14.2 Å². The number of ether oxygens (including phenoxy) is 4. The van der Waals surface area contributed by atoms with Gasteiger partial charge >= 0.3 is 12.3 Å². The van der Waals surface area contributed by atoms with Gasteiger partial charge in [-0.1, -0.05) is 0 Å². The standard InChI is InChI=1S/C18H15F3O6/c1-24-15-8-5-12(9-16(15)25-2)14(22)10-26-17(23)11-3-6-13(7-4-11)27-18(19,20)21/h3-9H,10H2,1-2H3. The Hall–Kier alpha value is -3.23. The fourth-order valence-electron chi connectivity index (χ4n) is 2.10. The number of esters is 1. The molecule has 0 aliphatic carbocycles. The molecule has 0 unspecified atom stereocenters. The summed E-state index contributed by atoms with van der Waals surface area (Å²) in [6, 6.07) is 8.61. The molecular weight excluding hydrogens is 369 g/mol. The number of hydrogen-bond acceptors (Lipinski definition) is 6. The van der Waals surface area contributed by atoms with Crippen LogP contribution >= 0.6 is 0 Å². The smallest absolute Gasteiger partial charge is 0.493 e. The molecule has 27 heavy (non-hydrogen) atoms. The van der Waals surface area contributed by atoms with Crippen molar-refractivity contribution in [2.45, 2.75) is 6.36 Å². The second-order valence-corrected chi connectivity index (χ2v) is 5.14. The molecule has 9 heteroatoms. The van der Waals surface area contributed by atoms with Crippen LogP contribution in [0, 0.1) is 0 Å². The highest BCUT2D eigenvalue weighted by atomic mass is 19.4. The van der Waals surface area contributed by atoms with E-state index in [1.54, 1.807) is 0 Å². The zero-order chi connectivity index (χ0) is 20.0. The maximum atomic E-state index is 12.1. The summed E-state index contributed by atoms with van der Waals surface area (Å²) in [4.78, 5) is 24.1. The summed E-state index contributed by atoms with van der Waals surface area (Å²) < 4.78 is 55.1. The Labute approximate surface area is 152 Å². The van der Waals surface area contributed by atoms with Gasteiger partial charge in [0.15, 0.2) is 23.9 Å². The van der Waals surface area contributed by atoms with Crippen LogP contribution in [0.15, 0.2) is 42.5 Å². The number of rotatable bonds is 7. The van der Waals surface area contributed by atoms with E-state index in [4.69, 9.17) is 14.2 Å². The second-order valence-electron chi connectivity index (χ2n) is 5.14. The average molecular weight is 384 g/mol. The number of hydrogen-bond donors (Lipinski definition) is 0. The minimum Gasteiger partial charge on any atom is -0.493 e. The molecule has 2 rings (SSSR count). The molecule has 0 N–H and O–H groups in total. The number of Topliss-reactive ketones (excluding diaryl/α,β-unsaturated/α-hetero) is 1. The van der Waals surface area contributed by atoms with Crippen LogP contribution in [0.2, 0.25) is 0 Å². The first-order valence-electron chi connectivity index (χ1n) is 7.51. The molecular formula is C18H15F3O6. The lowest BCUT2D eigenvalue weighted by Crippen LogP contribution is -2.17. The van der Waals surface area contributed by atoms with E-state index in [-0.39, 0.29) is 11.1 Å². The summed E-state index contributed by atoms with van der Waals surface area (Å²) in [7, 11) is 2.87. The molecule has 0 heterocycles. The van der Waals surface area contributed by atoms with Crippen LogP contribution in [0.5, 0.6) is 17.2 Å². The van der Waals surface area contributed by atoms with Crippen LogP contribution in [0.3, 0.4) is 0 Å². The molecule has 0 amide bonds. The number of methoxy groups -OCH3 is 2. The van der Waals surface area contributed by atoms with E-state index in [9.17, 15) is 22.8 Å². The van der Waals surface area contributed by atoms with Gasteiger partial charge in [-0.05, 0) is 42.5 Å². The van der Waals surface area contributed by atoms with Crippen LogP contribution in [-0.2, 0) is 4.74 Å². The summed E-state index contributed by atoms with van der Waals surface area (Å²) in [5.74, 6) is -1.04. The predicted molar refractivity (Wildman–Crippen MR) is 87.3 cm³/mol. The average Bonchev–Trinajstić information content (AvgIpc) is 2.64. The third kappa shape index (κ3) is 5.63. The van der Waals surface area contributed by atoms with E-state index in [0.717, 1.165) is 24.3 Å². The van der Waals surface area contributed by atoms with Crippen molar-refractivity contribution < 1.29 is 41.7 Å². The molecule has 2 aromatic rings. The van der Waals surface area contributed by atoms with Gasteiger partial charge in [0.25, 0.3) is 0 Å². The third-order valence-electron chi connectivity index (χ3n) is 3.36. The highest BCUT2D eigenvalue weighted by Gasteiger charge is 2.31. The van der Waals surface area contributed by atoms with Crippen LogP contribution in [0.1, 0.15) is 20.7 Å². The Morgan fingerprint density at radius 3 is 2.04 bits per heavy atom. The van der Waals surface area contributed by atoms with Gasteiger partial charge in [-0.15, -0.1) is 13.2 Å². The van der Waals surface area contributed by atoms with Crippen molar-refractivity contribution in [2.75, 3.05) is 20.8 Å². The van der Waals surface area contributed by atoms with Gasteiger partial charge in [-0.3, -0.25) is 4.79 Å². The van der Waals surface area contributed by atoms with Crippen molar-refractivity contribution in [1.29, 1.82) is 0 Å². The number of ketones is 1. The first kappa shape index (κ1) is 20.1. The molecule has 0 saturated heterocycles. The van der Waals surface area contributed by atoms with Gasteiger partial charge in [0.05, 0.1) is 19.8 Å². The topological polar surface area (TPSA) is 71.1 Å². The van der Waals surface area contributed by atoms with Gasteiger partial charge in [0.2, 0.25) is 0 Å². The zero-order valence-electron chi connectivity index (χ0n) is 14.3. The summed E-state index contributed by atoms with van der Waals surface area (Å²) in [5, 5.41) is 0. The molecule has 0 aromatic heterocycles. The highest BCUT2D eigenvalue weighted by molar-refractivity contribution is 5.99. The molecule has 144 valence electrons. The highest BCUT2D eigenvalue weighted by Crippen LogP contribution is 2.28. The number of alkyl halides is 3. The first-order valence-corrected chi connectivity index (χ1v) is 7.51. The van der Waals surface area contributed by atoms with Crippen LogP contribution in [0.4, 0.5) is 13.2 Å². The van der Waals surface area contributed by atoms with Crippen molar-refractivity contribution in [2.24, 2.45) is 0 Å².